The zero-order valence-corrected chi connectivity index (χ0v) is 14.3. The monoisotopic (exact) mass is 324 g/mol. The average Bonchev–Trinajstić information content (AvgIpc) is 3.43. The number of carbonyl (C=O) groups excluding carboxylic acids is 1. The molecule has 4 nitrogen and oxygen atoms in total. The fourth-order valence-corrected chi connectivity index (χ4v) is 3.35. The molecule has 1 aromatic heterocycles. The van der Waals surface area contributed by atoms with Crippen molar-refractivity contribution in [1.29, 1.82) is 0 Å². The predicted octanol–water partition coefficient (Wildman–Crippen LogP) is 3.41. The highest BCUT2D eigenvalue weighted by atomic mass is 16.3. The number of aromatic nitrogens is 1. The largest absolute Gasteiger partial charge is 0.392 e. The van der Waals surface area contributed by atoms with Crippen LogP contribution in [0, 0.1) is 6.92 Å². The van der Waals surface area contributed by atoms with Gasteiger partial charge in [0, 0.05) is 29.6 Å². The maximum atomic E-state index is 13.3. The minimum absolute atomic E-state index is 0.0401. The molecule has 4 heteroatoms. The van der Waals surface area contributed by atoms with E-state index in [4.69, 9.17) is 4.98 Å². The zero-order valence-electron chi connectivity index (χ0n) is 14.3. The van der Waals surface area contributed by atoms with Crippen LogP contribution in [0.1, 0.15) is 60.1 Å². The number of hydrogen-bond acceptors (Lipinski definition) is 3. The third kappa shape index (κ3) is 3.03. The van der Waals surface area contributed by atoms with Crippen molar-refractivity contribution in [2.24, 2.45) is 0 Å². The van der Waals surface area contributed by atoms with E-state index in [2.05, 4.69) is 12.1 Å². The number of aliphatic hydroxyl groups is 1. The van der Waals surface area contributed by atoms with Gasteiger partial charge in [-0.05, 0) is 57.7 Å². The lowest BCUT2D eigenvalue weighted by Gasteiger charge is -2.25. The Morgan fingerprint density at radius 1 is 1.29 bits per heavy atom. The first-order chi connectivity index (χ1) is 11.5. The van der Waals surface area contributed by atoms with E-state index in [1.165, 1.54) is 0 Å². The molecule has 2 saturated carbocycles. The molecular formula is C20H24N2O2. The standard InChI is InChI=1S/C20H24N2O2/c1-12-3-8-18-16(9-12)17(10-19(21-18)14-4-5-14)20(24)22(11-13(2)23)15-6-7-15/h3,8-10,13-15,23H,4-7,11H2,1-2H3/t13-/m0/s1. The summed E-state index contributed by atoms with van der Waals surface area (Å²) in [6.07, 6.45) is 3.90. The van der Waals surface area contributed by atoms with Crippen molar-refractivity contribution in [3.05, 3.63) is 41.1 Å². The SMILES string of the molecule is Cc1ccc2nc(C3CC3)cc(C(=O)N(C[C@H](C)O)C3CC3)c2c1. The van der Waals surface area contributed by atoms with E-state index in [0.717, 1.165) is 53.4 Å². The van der Waals surface area contributed by atoms with Gasteiger partial charge in [-0.2, -0.15) is 0 Å². The Hall–Kier alpha value is -1.94. The molecule has 2 fully saturated rings. The number of benzene rings is 1. The molecule has 24 heavy (non-hydrogen) atoms. The van der Waals surface area contributed by atoms with E-state index in [1.807, 2.05) is 24.0 Å². The number of rotatable bonds is 5. The molecule has 126 valence electrons. The molecule has 2 aliphatic carbocycles. The lowest BCUT2D eigenvalue weighted by Crippen LogP contribution is -2.38. The van der Waals surface area contributed by atoms with Gasteiger partial charge in [-0.25, -0.2) is 0 Å². The van der Waals surface area contributed by atoms with Crippen LogP contribution in [0.5, 0.6) is 0 Å². The number of hydrogen-bond donors (Lipinski definition) is 1. The Kier molecular flexibility index (Phi) is 3.80. The first-order valence-corrected chi connectivity index (χ1v) is 8.93. The van der Waals surface area contributed by atoms with E-state index in [0.29, 0.717) is 12.5 Å². The van der Waals surface area contributed by atoms with E-state index in [1.54, 1.807) is 6.92 Å². The van der Waals surface area contributed by atoms with Crippen LogP contribution in [-0.2, 0) is 0 Å². The first kappa shape index (κ1) is 15.6. The molecule has 1 aromatic carbocycles. The minimum Gasteiger partial charge on any atom is -0.392 e. The normalized spacial score (nSPS) is 18.6. The number of aliphatic hydroxyl groups excluding tert-OH is 1. The van der Waals surface area contributed by atoms with Crippen LogP contribution in [0.4, 0.5) is 0 Å². The first-order valence-electron chi connectivity index (χ1n) is 8.93. The summed E-state index contributed by atoms with van der Waals surface area (Å²) in [6.45, 7) is 4.18. The highest BCUT2D eigenvalue weighted by molar-refractivity contribution is 6.06. The summed E-state index contributed by atoms with van der Waals surface area (Å²) in [7, 11) is 0. The van der Waals surface area contributed by atoms with Gasteiger partial charge in [-0.3, -0.25) is 9.78 Å². The summed E-state index contributed by atoms with van der Waals surface area (Å²) >= 11 is 0. The zero-order chi connectivity index (χ0) is 16.8. The smallest absolute Gasteiger partial charge is 0.254 e. The Balaban J connectivity index is 1.80. The number of amides is 1. The van der Waals surface area contributed by atoms with Crippen molar-refractivity contribution in [3.63, 3.8) is 0 Å². The van der Waals surface area contributed by atoms with Crippen LogP contribution >= 0.6 is 0 Å². The summed E-state index contributed by atoms with van der Waals surface area (Å²) < 4.78 is 0. The molecule has 2 aliphatic rings. The summed E-state index contributed by atoms with van der Waals surface area (Å²) in [6, 6.07) is 8.40. The van der Waals surface area contributed by atoms with Crippen LogP contribution in [0.2, 0.25) is 0 Å². The fourth-order valence-electron chi connectivity index (χ4n) is 3.35. The lowest BCUT2D eigenvalue weighted by atomic mass is 10.0. The molecule has 0 bridgehead atoms. The Bertz CT molecular complexity index is 792. The third-order valence-corrected chi connectivity index (χ3v) is 4.92. The second kappa shape index (κ2) is 5.85. The number of fused-ring (bicyclic) bond motifs is 1. The van der Waals surface area contributed by atoms with Crippen LogP contribution < -0.4 is 0 Å². The molecule has 1 heterocycles. The Morgan fingerprint density at radius 3 is 2.67 bits per heavy atom. The molecule has 0 aliphatic heterocycles. The van der Waals surface area contributed by atoms with Crippen LogP contribution in [0.15, 0.2) is 24.3 Å². The summed E-state index contributed by atoms with van der Waals surface area (Å²) in [5.41, 5.74) is 3.83. The second-order valence-electron chi connectivity index (χ2n) is 7.43. The highest BCUT2D eigenvalue weighted by Gasteiger charge is 2.35. The number of aryl methyl sites for hydroxylation is 1. The van der Waals surface area contributed by atoms with Crippen molar-refractivity contribution >= 4 is 16.8 Å². The van der Waals surface area contributed by atoms with Gasteiger partial charge in [-0.15, -0.1) is 0 Å². The Morgan fingerprint density at radius 2 is 2.04 bits per heavy atom. The summed E-state index contributed by atoms with van der Waals surface area (Å²) in [5.74, 6) is 0.548. The second-order valence-corrected chi connectivity index (χ2v) is 7.43. The van der Waals surface area contributed by atoms with Gasteiger partial charge >= 0.3 is 0 Å². The fraction of sp³-hybridized carbons (Fsp3) is 0.500. The van der Waals surface area contributed by atoms with Crippen molar-refractivity contribution in [3.8, 4) is 0 Å². The van der Waals surface area contributed by atoms with Crippen molar-refractivity contribution in [2.75, 3.05) is 6.54 Å². The predicted molar refractivity (Wildman–Crippen MR) is 94.2 cm³/mol. The number of pyridine rings is 1. The van der Waals surface area contributed by atoms with Crippen molar-refractivity contribution < 1.29 is 9.90 Å². The molecule has 0 radical (unpaired) electrons. The maximum absolute atomic E-state index is 13.3. The van der Waals surface area contributed by atoms with Gasteiger partial charge in [0.15, 0.2) is 0 Å². The molecule has 1 amide bonds. The Labute approximate surface area is 142 Å². The van der Waals surface area contributed by atoms with E-state index < -0.39 is 6.10 Å². The van der Waals surface area contributed by atoms with Crippen LogP contribution in [0.25, 0.3) is 10.9 Å². The maximum Gasteiger partial charge on any atom is 0.254 e. The van der Waals surface area contributed by atoms with Gasteiger partial charge in [0.2, 0.25) is 0 Å². The molecule has 1 N–H and O–H groups in total. The van der Waals surface area contributed by atoms with Gasteiger partial charge in [0.1, 0.15) is 0 Å². The summed E-state index contributed by atoms with van der Waals surface area (Å²) in [4.78, 5) is 19.9. The molecule has 1 atom stereocenters. The lowest BCUT2D eigenvalue weighted by molar-refractivity contribution is 0.0632. The molecular weight excluding hydrogens is 300 g/mol. The van der Waals surface area contributed by atoms with Crippen molar-refractivity contribution in [2.45, 2.75) is 57.6 Å². The van der Waals surface area contributed by atoms with Crippen LogP contribution in [-0.4, -0.2) is 39.6 Å². The highest BCUT2D eigenvalue weighted by Crippen LogP contribution is 2.40. The van der Waals surface area contributed by atoms with E-state index in [9.17, 15) is 9.90 Å². The molecule has 0 unspecified atom stereocenters. The van der Waals surface area contributed by atoms with Gasteiger partial charge in [0.25, 0.3) is 5.91 Å². The topological polar surface area (TPSA) is 53.4 Å². The van der Waals surface area contributed by atoms with Gasteiger partial charge < -0.3 is 10.0 Å². The molecule has 0 spiro atoms. The van der Waals surface area contributed by atoms with E-state index in [-0.39, 0.29) is 11.9 Å². The van der Waals surface area contributed by atoms with Crippen LogP contribution in [0.3, 0.4) is 0 Å². The quantitative estimate of drug-likeness (QED) is 0.917. The van der Waals surface area contributed by atoms with Gasteiger partial charge in [0.05, 0.1) is 17.2 Å². The minimum atomic E-state index is -0.507. The number of carbonyl (C=O) groups is 1. The van der Waals surface area contributed by atoms with Gasteiger partial charge in [-0.1, -0.05) is 11.6 Å². The molecule has 2 aromatic rings. The molecule has 4 rings (SSSR count). The summed E-state index contributed by atoms with van der Waals surface area (Å²) in [5, 5.41) is 10.7. The van der Waals surface area contributed by atoms with E-state index >= 15 is 0 Å². The number of nitrogens with zero attached hydrogens (tertiary/aromatic N) is 2. The average molecular weight is 324 g/mol. The molecule has 0 saturated heterocycles. The van der Waals surface area contributed by atoms with Crippen molar-refractivity contribution in [1.82, 2.24) is 9.88 Å². The third-order valence-electron chi connectivity index (χ3n) is 4.92.